The van der Waals surface area contributed by atoms with Crippen molar-refractivity contribution in [1.29, 1.82) is 0 Å². The largest absolute Gasteiger partial charge is 0.302 e. The molecule has 5 heteroatoms. The van der Waals surface area contributed by atoms with E-state index in [0.29, 0.717) is 23.2 Å². The zero-order chi connectivity index (χ0) is 13.4. The quantitative estimate of drug-likeness (QED) is 0.859. The molecule has 1 aliphatic heterocycles. The highest BCUT2D eigenvalue weighted by molar-refractivity contribution is 6.29. The van der Waals surface area contributed by atoms with E-state index in [2.05, 4.69) is 34.3 Å². The Morgan fingerprint density at radius 2 is 1.84 bits per heavy atom. The van der Waals surface area contributed by atoms with Crippen molar-refractivity contribution >= 4 is 17.4 Å². The summed E-state index contributed by atoms with van der Waals surface area (Å²) in [7, 11) is 0. The topological polar surface area (TPSA) is 41.0 Å². The van der Waals surface area contributed by atoms with Crippen LogP contribution in [0.4, 0.5) is 5.82 Å². The van der Waals surface area contributed by atoms with Crippen molar-refractivity contribution in [1.82, 2.24) is 15.0 Å². The van der Waals surface area contributed by atoms with E-state index in [1.807, 2.05) is 6.07 Å². The van der Waals surface area contributed by atoms with E-state index in [-0.39, 0.29) is 0 Å². The van der Waals surface area contributed by atoms with Gasteiger partial charge in [0.15, 0.2) is 0 Å². The lowest BCUT2D eigenvalue weighted by molar-refractivity contribution is 0.135. The minimum absolute atomic E-state index is 0.524. The summed E-state index contributed by atoms with van der Waals surface area (Å²) in [5.41, 5.74) is 3.44. The highest BCUT2D eigenvalue weighted by atomic mass is 35.5. The number of rotatable bonds is 3. The maximum absolute atomic E-state index is 6.10. The van der Waals surface area contributed by atoms with E-state index in [4.69, 9.17) is 11.6 Å². The molecule has 1 aromatic heterocycles. The summed E-state index contributed by atoms with van der Waals surface area (Å²) in [6.07, 6.45) is 6.14. The van der Waals surface area contributed by atoms with Crippen LogP contribution in [0.25, 0.3) is 0 Å². The molecule has 1 aromatic rings. The zero-order valence-electron chi connectivity index (χ0n) is 11.6. The molecule has 1 saturated carbocycles. The minimum Gasteiger partial charge on any atom is -0.302 e. The molecule has 2 fully saturated rings. The van der Waals surface area contributed by atoms with Crippen LogP contribution < -0.4 is 5.43 Å². The smallest absolute Gasteiger partial charge is 0.145 e. The second-order valence-electron chi connectivity index (χ2n) is 5.86. The molecule has 1 N–H and O–H groups in total. The fourth-order valence-electron chi connectivity index (χ4n) is 2.79. The fraction of sp³-hybridized carbons (Fsp3) is 0.714. The molecule has 0 spiro atoms. The Labute approximate surface area is 119 Å². The molecule has 104 valence electrons. The lowest BCUT2D eigenvalue weighted by Crippen LogP contribution is -2.47. The molecule has 3 rings (SSSR count). The van der Waals surface area contributed by atoms with Crippen LogP contribution in [0.3, 0.4) is 0 Å². The second kappa shape index (κ2) is 5.25. The number of aromatic nitrogens is 2. The number of halogens is 1. The van der Waals surface area contributed by atoms with Crippen molar-refractivity contribution in [2.24, 2.45) is 0 Å². The van der Waals surface area contributed by atoms with Crippen molar-refractivity contribution in [2.45, 2.75) is 64.0 Å². The Balaban J connectivity index is 1.78. The zero-order valence-corrected chi connectivity index (χ0v) is 12.3. The summed E-state index contributed by atoms with van der Waals surface area (Å²) < 4.78 is 0. The Bertz CT molecular complexity index is 451. The van der Waals surface area contributed by atoms with Gasteiger partial charge in [-0.25, -0.2) is 15.0 Å². The van der Waals surface area contributed by atoms with Gasteiger partial charge in [0, 0.05) is 24.1 Å². The molecule has 4 nitrogen and oxygen atoms in total. The van der Waals surface area contributed by atoms with Crippen molar-refractivity contribution in [3.05, 3.63) is 17.0 Å². The van der Waals surface area contributed by atoms with E-state index in [1.54, 1.807) is 0 Å². The molecular weight excluding hydrogens is 260 g/mol. The summed E-state index contributed by atoms with van der Waals surface area (Å²) >= 11 is 6.10. The molecule has 2 atom stereocenters. The molecule has 0 bridgehead atoms. The highest BCUT2D eigenvalue weighted by Gasteiger charge is 2.28. The molecule has 1 saturated heterocycles. The molecule has 2 unspecified atom stereocenters. The molecule has 2 heterocycles. The predicted octanol–water partition coefficient (Wildman–Crippen LogP) is 3.60. The number of hydrogen-bond acceptors (Lipinski definition) is 4. The van der Waals surface area contributed by atoms with Gasteiger partial charge in [0.2, 0.25) is 0 Å². The van der Waals surface area contributed by atoms with Crippen LogP contribution in [0.5, 0.6) is 0 Å². The van der Waals surface area contributed by atoms with Crippen LogP contribution in [-0.2, 0) is 0 Å². The van der Waals surface area contributed by atoms with E-state index in [9.17, 15) is 0 Å². The van der Waals surface area contributed by atoms with Gasteiger partial charge in [0.1, 0.15) is 16.8 Å². The van der Waals surface area contributed by atoms with E-state index < -0.39 is 0 Å². The molecule has 1 aliphatic carbocycles. The summed E-state index contributed by atoms with van der Waals surface area (Å²) in [6.45, 7) is 4.51. The standard InChI is InChI=1S/C14H21ClN4/c1-9-4-3-5-10(2)19(9)18-13-8-12(15)16-14(17-13)11-6-7-11/h8-11H,3-7H2,1-2H3,(H,16,17,18). The minimum atomic E-state index is 0.524. The van der Waals surface area contributed by atoms with Crippen molar-refractivity contribution < 1.29 is 0 Å². The average molecular weight is 281 g/mol. The van der Waals surface area contributed by atoms with Gasteiger partial charge in [-0.1, -0.05) is 18.0 Å². The molecule has 0 radical (unpaired) electrons. The lowest BCUT2D eigenvalue weighted by Gasteiger charge is -2.39. The molecule has 0 aromatic carbocycles. The SMILES string of the molecule is CC1CCCC(C)N1Nc1cc(Cl)nc(C2CC2)n1. The maximum atomic E-state index is 6.10. The number of nitrogens with zero attached hydrogens (tertiary/aromatic N) is 3. The van der Waals surface area contributed by atoms with Crippen LogP contribution in [0.15, 0.2) is 6.07 Å². The molecule has 2 aliphatic rings. The summed E-state index contributed by atoms with van der Waals surface area (Å²) in [6, 6.07) is 2.88. The Morgan fingerprint density at radius 3 is 2.47 bits per heavy atom. The molecular formula is C14H21ClN4. The summed E-state index contributed by atoms with van der Waals surface area (Å²) in [5.74, 6) is 2.25. The average Bonchev–Trinajstić information content (AvgIpc) is 3.17. The van der Waals surface area contributed by atoms with E-state index in [0.717, 1.165) is 11.6 Å². The number of anilines is 1. The van der Waals surface area contributed by atoms with Crippen LogP contribution in [0.1, 0.15) is 57.7 Å². The van der Waals surface area contributed by atoms with Gasteiger partial charge in [0.25, 0.3) is 0 Å². The van der Waals surface area contributed by atoms with Gasteiger partial charge in [-0.2, -0.15) is 0 Å². The van der Waals surface area contributed by atoms with Gasteiger partial charge in [-0.05, 0) is 39.5 Å². The van der Waals surface area contributed by atoms with Crippen LogP contribution in [-0.4, -0.2) is 27.1 Å². The van der Waals surface area contributed by atoms with Crippen molar-refractivity contribution in [3.8, 4) is 0 Å². The molecule has 0 amide bonds. The summed E-state index contributed by atoms with van der Waals surface area (Å²) in [4.78, 5) is 8.93. The Kier molecular flexibility index (Phi) is 3.63. The Hall–Kier alpha value is -0.870. The third-order valence-electron chi connectivity index (χ3n) is 4.09. The maximum Gasteiger partial charge on any atom is 0.145 e. The van der Waals surface area contributed by atoms with Crippen molar-refractivity contribution in [3.63, 3.8) is 0 Å². The summed E-state index contributed by atoms with van der Waals surface area (Å²) in [5, 5.41) is 2.84. The number of piperidine rings is 1. The highest BCUT2D eigenvalue weighted by Crippen LogP contribution is 2.39. The third kappa shape index (κ3) is 3.00. The van der Waals surface area contributed by atoms with Crippen LogP contribution >= 0.6 is 11.6 Å². The number of hydrazine groups is 1. The number of hydrogen-bond donors (Lipinski definition) is 1. The van der Waals surface area contributed by atoms with Gasteiger partial charge in [0.05, 0.1) is 0 Å². The van der Waals surface area contributed by atoms with Crippen LogP contribution in [0, 0.1) is 0 Å². The normalized spacial score (nSPS) is 28.4. The predicted molar refractivity (Wildman–Crippen MR) is 77.3 cm³/mol. The van der Waals surface area contributed by atoms with E-state index >= 15 is 0 Å². The van der Waals surface area contributed by atoms with Crippen LogP contribution in [0.2, 0.25) is 5.15 Å². The number of nitrogens with one attached hydrogen (secondary N) is 1. The molecule has 19 heavy (non-hydrogen) atoms. The third-order valence-corrected chi connectivity index (χ3v) is 4.29. The second-order valence-corrected chi connectivity index (χ2v) is 6.24. The fourth-order valence-corrected chi connectivity index (χ4v) is 2.98. The monoisotopic (exact) mass is 280 g/mol. The first-order chi connectivity index (χ1) is 9.13. The first kappa shape index (κ1) is 13.1. The van der Waals surface area contributed by atoms with Gasteiger partial charge in [-0.15, -0.1) is 0 Å². The van der Waals surface area contributed by atoms with E-state index in [1.165, 1.54) is 32.1 Å². The first-order valence-electron chi connectivity index (χ1n) is 7.23. The van der Waals surface area contributed by atoms with Crippen molar-refractivity contribution in [2.75, 3.05) is 5.43 Å². The first-order valence-corrected chi connectivity index (χ1v) is 7.61. The Morgan fingerprint density at radius 1 is 1.16 bits per heavy atom. The van der Waals surface area contributed by atoms with Gasteiger partial charge >= 0.3 is 0 Å². The van der Waals surface area contributed by atoms with Gasteiger partial charge < -0.3 is 5.43 Å². The van der Waals surface area contributed by atoms with Gasteiger partial charge in [-0.3, -0.25) is 0 Å². The lowest BCUT2D eigenvalue weighted by atomic mass is 10.00.